The van der Waals surface area contributed by atoms with E-state index in [1.807, 2.05) is 40.7 Å². The Morgan fingerprint density at radius 3 is 2.35 bits per heavy atom. The summed E-state index contributed by atoms with van der Waals surface area (Å²) in [6, 6.07) is 7.95. The van der Waals surface area contributed by atoms with Gasteiger partial charge in [0.05, 0.1) is 21.7 Å². The highest BCUT2D eigenvalue weighted by Crippen LogP contribution is 2.36. The third-order valence-electron chi connectivity index (χ3n) is 7.39. The fourth-order valence-corrected chi connectivity index (χ4v) is 5.05. The van der Waals surface area contributed by atoms with Crippen molar-refractivity contribution in [2.24, 2.45) is 5.41 Å². The van der Waals surface area contributed by atoms with Crippen molar-refractivity contribution in [3.8, 4) is 11.3 Å². The Balaban J connectivity index is 1.65. The number of benzene rings is 1. The number of fused-ring (bicyclic) bond motifs is 1. The number of pyridine rings is 1. The van der Waals surface area contributed by atoms with Gasteiger partial charge in [0.25, 0.3) is 5.91 Å². The second-order valence-electron chi connectivity index (χ2n) is 12.7. The van der Waals surface area contributed by atoms with Crippen LogP contribution in [0.2, 0.25) is 5.02 Å². The van der Waals surface area contributed by atoms with E-state index in [-0.39, 0.29) is 54.1 Å². The fraction of sp³-hybridized carbons (Fsp3) is 0.467. The van der Waals surface area contributed by atoms with Crippen molar-refractivity contribution in [2.75, 3.05) is 19.6 Å². The number of halogens is 2. The number of carbonyl (C=O) groups excluding carboxylic acids is 2. The monoisotopic (exact) mass is 571 g/mol. The van der Waals surface area contributed by atoms with Crippen LogP contribution in [0.5, 0.6) is 0 Å². The third-order valence-corrected chi connectivity index (χ3v) is 7.69. The number of piperazine rings is 1. The summed E-state index contributed by atoms with van der Waals surface area (Å²) in [6.45, 7) is 13.6. The lowest BCUT2D eigenvalue weighted by Crippen LogP contribution is -2.62. The van der Waals surface area contributed by atoms with Gasteiger partial charge in [-0.3, -0.25) is 14.4 Å². The van der Waals surface area contributed by atoms with Crippen molar-refractivity contribution < 1.29 is 28.3 Å². The SMILES string of the molecule is CC(C)(CC(=O)N1CCN(C(=O)c2cc3nc(-c4ccc(Cl)c(F)c4)cc(C(C)(C)C)c3o2)C(C)(C)C1)C(=O)O. The van der Waals surface area contributed by atoms with Crippen LogP contribution in [0.15, 0.2) is 34.7 Å². The minimum absolute atomic E-state index is 0.0204. The van der Waals surface area contributed by atoms with E-state index < -0.39 is 22.7 Å². The van der Waals surface area contributed by atoms with E-state index in [2.05, 4.69) is 4.98 Å². The Morgan fingerprint density at radius 1 is 1.10 bits per heavy atom. The molecule has 4 rings (SSSR count). The molecule has 0 aliphatic carbocycles. The highest BCUT2D eigenvalue weighted by atomic mass is 35.5. The highest BCUT2D eigenvalue weighted by molar-refractivity contribution is 6.30. The fourth-order valence-electron chi connectivity index (χ4n) is 4.93. The molecule has 1 aromatic carbocycles. The van der Waals surface area contributed by atoms with Crippen molar-refractivity contribution in [1.29, 1.82) is 0 Å². The molecule has 1 fully saturated rings. The number of carboxylic acid groups (broad SMARTS) is 1. The lowest BCUT2D eigenvalue weighted by atomic mass is 9.86. The van der Waals surface area contributed by atoms with Crippen molar-refractivity contribution in [1.82, 2.24) is 14.8 Å². The standard InChI is InChI=1S/C30H35ClFN3O5/c1-28(2,3)18-13-21(17-8-9-19(31)20(32)12-17)33-22-14-23(40-25(18)22)26(37)35-11-10-34(16-30(35,6)7)24(36)15-29(4,5)27(38)39/h8-9,12-14H,10-11,15-16H2,1-7H3,(H,38,39). The average molecular weight is 572 g/mol. The van der Waals surface area contributed by atoms with Crippen LogP contribution in [0.4, 0.5) is 4.39 Å². The highest BCUT2D eigenvalue weighted by Gasteiger charge is 2.41. The molecule has 3 heterocycles. The van der Waals surface area contributed by atoms with Gasteiger partial charge in [-0.1, -0.05) is 38.4 Å². The van der Waals surface area contributed by atoms with Crippen LogP contribution in [-0.2, 0) is 15.0 Å². The van der Waals surface area contributed by atoms with Crippen LogP contribution in [0.1, 0.15) is 71.0 Å². The molecular formula is C30H35ClFN3O5. The molecule has 2 amide bonds. The van der Waals surface area contributed by atoms with Gasteiger partial charge in [-0.2, -0.15) is 0 Å². The summed E-state index contributed by atoms with van der Waals surface area (Å²) < 4.78 is 20.4. The average Bonchev–Trinajstić information content (AvgIpc) is 3.27. The van der Waals surface area contributed by atoms with Crippen molar-refractivity contribution >= 4 is 40.5 Å². The maximum absolute atomic E-state index is 14.2. The molecule has 8 nitrogen and oxygen atoms in total. The number of aromatic nitrogens is 1. The van der Waals surface area contributed by atoms with Crippen LogP contribution >= 0.6 is 11.6 Å². The smallest absolute Gasteiger partial charge is 0.309 e. The second kappa shape index (κ2) is 10.2. The molecule has 1 aliphatic rings. The molecule has 0 saturated carbocycles. The second-order valence-corrected chi connectivity index (χ2v) is 13.1. The minimum Gasteiger partial charge on any atom is -0.481 e. The lowest BCUT2D eigenvalue weighted by Gasteiger charge is -2.47. The van der Waals surface area contributed by atoms with Crippen LogP contribution in [-0.4, -0.2) is 62.8 Å². The quantitative estimate of drug-likeness (QED) is 0.394. The van der Waals surface area contributed by atoms with Crippen molar-refractivity contribution in [2.45, 2.75) is 65.8 Å². The molecule has 1 aliphatic heterocycles. The number of carbonyl (C=O) groups is 3. The van der Waals surface area contributed by atoms with E-state index in [0.717, 1.165) is 5.56 Å². The van der Waals surface area contributed by atoms with Crippen LogP contribution in [0.3, 0.4) is 0 Å². The van der Waals surface area contributed by atoms with Gasteiger partial charge in [-0.25, -0.2) is 9.37 Å². The Hall–Kier alpha value is -3.46. The Bertz CT molecular complexity index is 1500. The number of hydrogen-bond donors (Lipinski definition) is 1. The van der Waals surface area contributed by atoms with E-state index >= 15 is 0 Å². The first-order valence-corrected chi connectivity index (χ1v) is 13.5. The Labute approximate surface area is 238 Å². The summed E-state index contributed by atoms with van der Waals surface area (Å²) in [7, 11) is 0. The first-order chi connectivity index (χ1) is 18.4. The van der Waals surface area contributed by atoms with Gasteiger partial charge in [0.1, 0.15) is 11.3 Å². The molecule has 0 atom stereocenters. The molecule has 1 N–H and O–H groups in total. The first kappa shape index (κ1) is 29.5. The van der Waals surface area contributed by atoms with Crippen molar-refractivity contribution in [3.63, 3.8) is 0 Å². The van der Waals surface area contributed by atoms with E-state index in [4.69, 9.17) is 16.0 Å². The molecule has 0 bridgehead atoms. The zero-order valence-corrected chi connectivity index (χ0v) is 24.6. The van der Waals surface area contributed by atoms with Gasteiger partial charge in [-0.15, -0.1) is 0 Å². The zero-order valence-electron chi connectivity index (χ0n) is 23.9. The first-order valence-electron chi connectivity index (χ1n) is 13.1. The normalized spacial score (nSPS) is 15.9. The zero-order chi connectivity index (χ0) is 29.8. The summed E-state index contributed by atoms with van der Waals surface area (Å²) in [5.41, 5.74) is 0.577. The van der Waals surface area contributed by atoms with Gasteiger partial charge in [0, 0.05) is 43.2 Å². The lowest BCUT2D eigenvalue weighted by molar-refractivity contribution is -0.152. The third kappa shape index (κ3) is 5.70. The Morgan fingerprint density at radius 2 is 1.77 bits per heavy atom. The topological polar surface area (TPSA) is 104 Å². The number of furan rings is 1. The van der Waals surface area contributed by atoms with Crippen molar-refractivity contribution in [3.05, 3.63) is 52.5 Å². The minimum atomic E-state index is -1.18. The number of aliphatic carboxylic acids is 1. The molecule has 2 aromatic heterocycles. The molecule has 0 radical (unpaired) electrons. The molecule has 214 valence electrons. The number of hydrogen-bond acceptors (Lipinski definition) is 5. The predicted molar refractivity (Wildman–Crippen MR) is 151 cm³/mol. The molecule has 10 heteroatoms. The molecule has 1 saturated heterocycles. The summed E-state index contributed by atoms with van der Waals surface area (Å²) in [5, 5.41) is 9.43. The maximum atomic E-state index is 14.2. The van der Waals surface area contributed by atoms with Gasteiger partial charge in [0.15, 0.2) is 11.3 Å². The molecule has 0 spiro atoms. The Kier molecular flexibility index (Phi) is 7.51. The van der Waals surface area contributed by atoms with Crippen LogP contribution in [0, 0.1) is 11.2 Å². The summed E-state index contributed by atoms with van der Waals surface area (Å²) in [5.74, 6) is -2.06. The number of nitrogens with zero attached hydrogens (tertiary/aromatic N) is 3. The van der Waals surface area contributed by atoms with E-state index in [0.29, 0.717) is 22.4 Å². The van der Waals surface area contributed by atoms with Crippen LogP contribution in [0.25, 0.3) is 22.4 Å². The predicted octanol–water partition coefficient (Wildman–Crippen LogP) is 6.15. The summed E-state index contributed by atoms with van der Waals surface area (Å²) >= 11 is 5.87. The summed E-state index contributed by atoms with van der Waals surface area (Å²) in [6.07, 6.45) is -0.128. The van der Waals surface area contributed by atoms with Crippen LogP contribution < -0.4 is 0 Å². The van der Waals surface area contributed by atoms with E-state index in [9.17, 15) is 23.9 Å². The van der Waals surface area contributed by atoms with Gasteiger partial charge >= 0.3 is 5.97 Å². The molecule has 40 heavy (non-hydrogen) atoms. The van der Waals surface area contributed by atoms with Gasteiger partial charge < -0.3 is 19.3 Å². The molecular weight excluding hydrogens is 537 g/mol. The molecule has 3 aromatic rings. The number of carboxylic acids is 1. The van der Waals surface area contributed by atoms with Gasteiger partial charge in [0.2, 0.25) is 5.91 Å². The van der Waals surface area contributed by atoms with E-state index in [1.165, 1.54) is 26.0 Å². The largest absolute Gasteiger partial charge is 0.481 e. The molecule has 0 unspecified atom stereocenters. The van der Waals surface area contributed by atoms with E-state index in [1.54, 1.807) is 21.9 Å². The summed E-state index contributed by atoms with van der Waals surface area (Å²) in [4.78, 5) is 46.1. The number of rotatable bonds is 5. The number of amides is 2. The maximum Gasteiger partial charge on any atom is 0.309 e. The van der Waals surface area contributed by atoms with Gasteiger partial charge in [-0.05, 0) is 51.3 Å².